The van der Waals surface area contributed by atoms with Crippen LogP contribution in [0.15, 0.2) is 21.2 Å². The van der Waals surface area contributed by atoms with Gasteiger partial charge in [0.1, 0.15) is 5.76 Å². The Bertz CT molecular complexity index is 327. The van der Waals surface area contributed by atoms with E-state index >= 15 is 0 Å². The second kappa shape index (κ2) is 5.37. The van der Waals surface area contributed by atoms with Crippen molar-refractivity contribution in [3.8, 4) is 0 Å². The minimum atomic E-state index is 0.292. The average molecular weight is 288 g/mol. The van der Waals surface area contributed by atoms with Crippen LogP contribution in [0.1, 0.15) is 45.9 Å². The summed E-state index contributed by atoms with van der Waals surface area (Å²) >= 11 is 3.34. The maximum Gasteiger partial charge on any atom is 0.169 e. The van der Waals surface area contributed by atoms with Gasteiger partial charge in [0.2, 0.25) is 0 Å². The van der Waals surface area contributed by atoms with Gasteiger partial charge >= 0.3 is 0 Å². The zero-order valence-electron chi connectivity index (χ0n) is 10.8. The molecule has 1 N–H and O–H groups in total. The Morgan fingerprint density at radius 2 is 2.00 bits per heavy atom. The highest BCUT2D eigenvalue weighted by Crippen LogP contribution is 2.34. The molecule has 0 radical (unpaired) electrons. The summed E-state index contributed by atoms with van der Waals surface area (Å²) in [5, 5.41) is 3.32. The first-order valence-electron chi connectivity index (χ1n) is 5.77. The van der Waals surface area contributed by atoms with E-state index in [0.29, 0.717) is 17.4 Å². The second-order valence-corrected chi connectivity index (χ2v) is 6.27. The topological polar surface area (TPSA) is 25.2 Å². The van der Waals surface area contributed by atoms with Gasteiger partial charge in [-0.1, -0.05) is 27.7 Å². The fraction of sp³-hybridized carbons (Fsp3) is 0.692. The van der Waals surface area contributed by atoms with Gasteiger partial charge in [0.25, 0.3) is 0 Å². The highest BCUT2D eigenvalue weighted by atomic mass is 79.9. The predicted molar refractivity (Wildman–Crippen MR) is 71.4 cm³/mol. The molecule has 0 aliphatic carbocycles. The van der Waals surface area contributed by atoms with Crippen LogP contribution in [0, 0.1) is 11.3 Å². The van der Waals surface area contributed by atoms with Gasteiger partial charge in [-0.3, -0.25) is 0 Å². The molecule has 92 valence electrons. The van der Waals surface area contributed by atoms with E-state index < -0.39 is 0 Å². The lowest BCUT2D eigenvalue weighted by molar-refractivity contribution is 0.217. The fourth-order valence-corrected chi connectivity index (χ4v) is 1.92. The lowest BCUT2D eigenvalue weighted by Gasteiger charge is -2.30. The molecule has 0 bridgehead atoms. The largest absolute Gasteiger partial charge is 0.453 e. The summed E-state index contributed by atoms with van der Waals surface area (Å²) in [6.07, 6.45) is 1.08. The molecule has 1 aromatic rings. The Kier molecular flexibility index (Phi) is 4.62. The second-order valence-electron chi connectivity index (χ2n) is 5.49. The van der Waals surface area contributed by atoms with Crippen molar-refractivity contribution in [2.75, 3.05) is 7.05 Å². The number of hydrogen-bond acceptors (Lipinski definition) is 2. The molecule has 1 aromatic heterocycles. The van der Waals surface area contributed by atoms with Gasteiger partial charge in [-0.05, 0) is 52.9 Å². The summed E-state index contributed by atoms with van der Waals surface area (Å²) in [7, 11) is 1.98. The summed E-state index contributed by atoms with van der Waals surface area (Å²) in [6, 6.07) is 4.27. The molecule has 2 atom stereocenters. The molecule has 1 rings (SSSR count). The van der Waals surface area contributed by atoms with Gasteiger partial charge in [0.05, 0.1) is 6.04 Å². The highest BCUT2D eigenvalue weighted by Gasteiger charge is 2.25. The number of hydrogen-bond donors (Lipinski definition) is 1. The Balaban J connectivity index is 2.70. The van der Waals surface area contributed by atoms with Crippen LogP contribution in [0.2, 0.25) is 0 Å². The third kappa shape index (κ3) is 3.63. The van der Waals surface area contributed by atoms with E-state index in [0.717, 1.165) is 16.9 Å². The van der Waals surface area contributed by atoms with E-state index in [-0.39, 0.29) is 0 Å². The molecule has 3 heteroatoms. The Hall–Kier alpha value is -0.280. The number of rotatable bonds is 4. The summed E-state index contributed by atoms with van der Waals surface area (Å²) in [5.41, 5.74) is 0.332. The number of nitrogens with one attached hydrogen (secondary N) is 1. The molecule has 0 saturated heterocycles. The summed E-state index contributed by atoms with van der Waals surface area (Å²) in [4.78, 5) is 0. The third-order valence-electron chi connectivity index (χ3n) is 3.35. The van der Waals surface area contributed by atoms with Crippen molar-refractivity contribution in [3.05, 3.63) is 22.6 Å². The minimum Gasteiger partial charge on any atom is -0.453 e. The van der Waals surface area contributed by atoms with Gasteiger partial charge in [0, 0.05) is 0 Å². The van der Waals surface area contributed by atoms with Crippen LogP contribution in [-0.4, -0.2) is 7.05 Å². The molecule has 2 unspecified atom stereocenters. The lowest BCUT2D eigenvalue weighted by Crippen LogP contribution is -2.25. The molecule has 0 fully saturated rings. The van der Waals surface area contributed by atoms with Gasteiger partial charge in [-0.25, -0.2) is 0 Å². The lowest BCUT2D eigenvalue weighted by atomic mass is 9.78. The third-order valence-corrected chi connectivity index (χ3v) is 3.78. The molecular formula is C13H22BrNO. The summed E-state index contributed by atoms with van der Waals surface area (Å²) in [6.45, 7) is 9.13. The summed E-state index contributed by atoms with van der Waals surface area (Å²) < 4.78 is 6.40. The molecule has 0 aliphatic heterocycles. The van der Waals surface area contributed by atoms with E-state index in [4.69, 9.17) is 4.42 Å². The molecular weight excluding hydrogens is 266 g/mol. The van der Waals surface area contributed by atoms with E-state index in [1.54, 1.807) is 0 Å². The normalized spacial score (nSPS) is 16.1. The Morgan fingerprint density at radius 3 is 2.38 bits per heavy atom. The quantitative estimate of drug-likeness (QED) is 0.889. The van der Waals surface area contributed by atoms with Crippen molar-refractivity contribution >= 4 is 15.9 Å². The maximum absolute atomic E-state index is 5.60. The van der Waals surface area contributed by atoms with Gasteiger partial charge in [0.15, 0.2) is 4.67 Å². The molecule has 0 amide bonds. The van der Waals surface area contributed by atoms with Crippen molar-refractivity contribution in [1.82, 2.24) is 5.32 Å². The van der Waals surface area contributed by atoms with Crippen LogP contribution < -0.4 is 5.32 Å². The number of furan rings is 1. The average Bonchev–Trinajstić information content (AvgIpc) is 2.59. The molecule has 16 heavy (non-hydrogen) atoms. The van der Waals surface area contributed by atoms with Crippen LogP contribution in [0.4, 0.5) is 0 Å². The smallest absolute Gasteiger partial charge is 0.169 e. The minimum absolute atomic E-state index is 0.292. The van der Waals surface area contributed by atoms with Crippen molar-refractivity contribution in [2.45, 2.75) is 40.2 Å². The van der Waals surface area contributed by atoms with Crippen molar-refractivity contribution in [2.24, 2.45) is 11.3 Å². The van der Waals surface area contributed by atoms with Gasteiger partial charge < -0.3 is 9.73 Å². The molecule has 0 aliphatic rings. The van der Waals surface area contributed by atoms with Crippen molar-refractivity contribution in [3.63, 3.8) is 0 Å². The van der Waals surface area contributed by atoms with Gasteiger partial charge in [-0.2, -0.15) is 0 Å². The molecule has 0 saturated carbocycles. The SMILES string of the molecule is CNC(CC(C)C(C)(C)C)c1ccc(Br)o1. The first kappa shape index (κ1) is 13.8. The van der Waals surface area contributed by atoms with Crippen LogP contribution in [0.5, 0.6) is 0 Å². The fourth-order valence-electron chi connectivity index (χ4n) is 1.60. The molecule has 0 spiro atoms. The molecule has 2 nitrogen and oxygen atoms in total. The van der Waals surface area contributed by atoms with Crippen LogP contribution in [-0.2, 0) is 0 Å². The van der Waals surface area contributed by atoms with Crippen LogP contribution >= 0.6 is 15.9 Å². The van der Waals surface area contributed by atoms with E-state index in [1.165, 1.54) is 0 Å². The predicted octanol–water partition coefficient (Wildman–Crippen LogP) is 4.37. The standard InChI is InChI=1S/C13H22BrNO/c1-9(13(2,3)4)8-10(15-5)11-6-7-12(14)16-11/h6-7,9-10,15H,8H2,1-5H3. The number of halogens is 1. The van der Waals surface area contributed by atoms with Crippen LogP contribution in [0.3, 0.4) is 0 Å². The zero-order chi connectivity index (χ0) is 12.3. The highest BCUT2D eigenvalue weighted by molar-refractivity contribution is 9.10. The first-order valence-corrected chi connectivity index (χ1v) is 6.56. The monoisotopic (exact) mass is 287 g/mol. The first-order chi connectivity index (χ1) is 7.34. The Labute approximate surface area is 107 Å². The summed E-state index contributed by atoms with van der Waals surface area (Å²) in [5.74, 6) is 1.64. The van der Waals surface area contributed by atoms with E-state index in [2.05, 4.69) is 48.9 Å². The van der Waals surface area contributed by atoms with Crippen molar-refractivity contribution < 1.29 is 4.42 Å². The van der Waals surface area contributed by atoms with E-state index in [9.17, 15) is 0 Å². The van der Waals surface area contributed by atoms with Crippen LogP contribution in [0.25, 0.3) is 0 Å². The van der Waals surface area contributed by atoms with E-state index in [1.807, 2.05) is 19.2 Å². The van der Waals surface area contributed by atoms with Gasteiger partial charge in [-0.15, -0.1) is 0 Å². The zero-order valence-corrected chi connectivity index (χ0v) is 12.4. The molecule has 0 aromatic carbocycles. The molecule has 1 heterocycles. The Morgan fingerprint density at radius 1 is 1.38 bits per heavy atom. The maximum atomic E-state index is 5.60. The van der Waals surface area contributed by atoms with Crippen molar-refractivity contribution in [1.29, 1.82) is 0 Å².